The minimum atomic E-state index is -1.37. The lowest BCUT2D eigenvalue weighted by atomic mass is 9.91. The summed E-state index contributed by atoms with van der Waals surface area (Å²) in [6.07, 6.45) is 11.9. The first kappa shape index (κ1) is 16.2. The second kappa shape index (κ2) is 11.0. The summed E-state index contributed by atoms with van der Waals surface area (Å²) in [5.74, 6) is 0.902. The molecule has 18 heavy (non-hydrogen) atoms. The van der Waals surface area contributed by atoms with Crippen LogP contribution in [0.25, 0.3) is 0 Å². The van der Waals surface area contributed by atoms with Crippen LogP contribution in [-0.4, -0.2) is 22.5 Å². The Bertz CT molecular complexity index is 171. The van der Waals surface area contributed by atoms with Crippen molar-refractivity contribution in [3.05, 3.63) is 0 Å². The molecule has 0 aromatic rings. The van der Waals surface area contributed by atoms with Crippen LogP contribution in [0.1, 0.15) is 71.6 Å². The lowest BCUT2D eigenvalue weighted by molar-refractivity contribution is 0.183. The van der Waals surface area contributed by atoms with Gasteiger partial charge < -0.3 is 8.85 Å². The third-order valence-corrected chi connectivity index (χ3v) is 6.12. The van der Waals surface area contributed by atoms with Gasteiger partial charge in [0.1, 0.15) is 0 Å². The first-order chi connectivity index (χ1) is 8.86. The largest absolute Gasteiger partial charge is 0.397 e. The summed E-state index contributed by atoms with van der Waals surface area (Å²) in [4.78, 5) is 0. The van der Waals surface area contributed by atoms with Crippen LogP contribution in [0.3, 0.4) is 0 Å². The van der Waals surface area contributed by atoms with Crippen LogP contribution in [0.4, 0.5) is 0 Å². The molecule has 0 spiro atoms. The maximum absolute atomic E-state index is 6.05. The minimum absolute atomic E-state index is 0.902. The van der Waals surface area contributed by atoms with E-state index in [9.17, 15) is 0 Å². The first-order valence-corrected chi connectivity index (χ1v) is 9.86. The monoisotopic (exact) mass is 272 g/mol. The molecule has 0 heterocycles. The molecule has 0 amide bonds. The van der Waals surface area contributed by atoms with Crippen molar-refractivity contribution in [3.8, 4) is 0 Å². The Kier molecular flexibility index (Phi) is 9.90. The van der Waals surface area contributed by atoms with Gasteiger partial charge in [-0.15, -0.1) is 0 Å². The molecule has 1 aliphatic rings. The molecule has 2 nitrogen and oxygen atoms in total. The first-order valence-electron chi connectivity index (χ1n) is 8.10. The third kappa shape index (κ3) is 7.55. The molecule has 3 heteroatoms. The zero-order valence-electron chi connectivity index (χ0n) is 12.5. The summed E-state index contributed by atoms with van der Waals surface area (Å²) in [5, 5.41) is 0. The van der Waals surface area contributed by atoms with Gasteiger partial charge in [0, 0.05) is 13.2 Å². The summed E-state index contributed by atoms with van der Waals surface area (Å²) in [5.41, 5.74) is 0. The van der Waals surface area contributed by atoms with Gasteiger partial charge in [0.2, 0.25) is 0 Å². The van der Waals surface area contributed by atoms with Crippen molar-refractivity contribution in [1.29, 1.82) is 0 Å². The molecule has 0 saturated heterocycles. The van der Waals surface area contributed by atoms with E-state index in [0.29, 0.717) is 0 Å². The molecular formula is C15H32O2Si. The molecule has 1 fully saturated rings. The maximum Gasteiger partial charge on any atom is 0.321 e. The predicted octanol–water partition coefficient (Wildman–Crippen LogP) is 4.42. The van der Waals surface area contributed by atoms with E-state index in [2.05, 4.69) is 13.8 Å². The highest BCUT2D eigenvalue weighted by molar-refractivity contribution is 6.44. The molecule has 0 aromatic heterocycles. The second-order valence-corrected chi connectivity index (χ2v) is 7.62. The Labute approximate surface area is 115 Å². The van der Waals surface area contributed by atoms with E-state index in [1.807, 2.05) is 0 Å². The van der Waals surface area contributed by atoms with Crippen molar-refractivity contribution in [1.82, 2.24) is 0 Å². The Morgan fingerprint density at radius 2 is 1.44 bits per heavy atom. The molecule has 0 radical (unpaired) electrons. The fraction of sp³-hybridized carbons (Fsp3) is 1.00. The maximum atomic E-state index is 6.05. The molecule has 0 atom stereocenters. The molecule has 108 valence electrons. The molecule has 0 N–H and O–H groups in total. The van der Waals surface area contributed by atoms with Crippen LogP contribution in [0.15, 0.2) is 0 Å². The molecule has 1 saturated carbocycles. The van der Waals surface area contributed by atoms with Gasteiger partial charge in [-0.25, -0.2) is 0 Å². The van der Waals surface area contributed by atoms with Gasteiger partial charge >= 0.3 is 9.28 Å². The van der Waals surface area contributed by atoms with Gasteiger partial charge in [0.25, 0.3) is 0 Å². The standard InChI is InChI=1S/C15H32O2Si/c1-3-5-12-16-18(17-13-6-4-2)14-15-10-8-7-9-11-15/h15,18H,3-14H2,1-2H3. The van der Waals surface area contributed by atoms with E-state index in [1.165, 1.54) is 63.8 Å². The van der Waals surface area contributed by atoms with Crippen molar-refractivity contribution in [2.24, 2.45) is 5.92 Å². The van der Waals surface area contributed by atoms with Crippen LogP contribution in [0.2, 0.25) is 6.04 Å². The SMILES string of the molecule is CCCCO[SiH](CC1CCCCC1)OCCCC. The summed E-state index contributed by atoms with van der Waals surface area (Å²) in [7, 11) is -1.37. The number of rotatable bonds is 10. The molecule has 0 aliphatic heterocycles. The Morgan fingerprint density at radius 3 is 1.94 bits per heavy atom. The highest BCUT2D eigenvalue weighted by Crippen LogP contribution is 2.28. The smallest absolute Gasteiger partial charge is 0.321 e. The van der Waals surface area contributed by atoms with Gasteiger partial charge in [0.15, 0.2) is 0 Å². The van der Waals surface area contributed by atoms with Crippen molar-refractivity contribution in [2.45, 2.75) is 77.7 Å². The summed E-state index contributed by atoms with van der Waals surface area (Å²) < 4.78 is 12.1. The van der Waals surface area contributed by atoms with Gasteiger partial charge in [0.05, 0.1) is 0 Å². The molecule has 0 aromatic carbocycles. The van der Waals surface area contributed by atoms with Gasteiger partial charge in [-0.2, -0.15) is 0 Å². The molecule has 0 unspecified atom stereocenters. The number of unbranched alkanes of at least 4 members (excludes halogenated alkanes) is 2. The Hall–Kier alpha value is 0.137. The van der Waals surface area contributed by atoms with Crippen LogP contribution in [0, 0.1) is 5.92 Å². The van der Waals surface area contributed by atoms with Gasteiger partial charge in [-0.1, -0.05) is 58.8 Å². The quantitative estimate of drug-likeness (QED) is 0.433. The van der Waals surface area contributed by atoms with Crippen LogP contribution < -0.4 is 0 Å². The Balaban J connectivity index is 2.22. The molecule has 0 bridgehead atoms. The summed E-state index contributed by atoms with van der Waals surface area (Å²) in [6.45, 7) is 6.29. The third-order valence-electron chi connectivity index (χ3n) is 3.85. The van der Waals surface area contributed by atoms with E-state index >= 15 is 0 Å². The van der Waals surface area contributed by atoms with Crippen molar-refractivity contribution in [2.75, 3.05) is 13.2 Å². The Morgan fingerprint density at radius 1 is 0.889 bits per heavy atom. The van der Waals surface area contributed by atoms with E-state index in [4.69, 9.17) is 8.85 Å². The minimum Gasteiger partial charge on any atom is -0.397 e. The highest BCUT2D eigenvalue weighted by atomic mass is 28.3. The van der Waals surface area contributed by atoms with E-state index in [0.717, 1.165) is 19.1 Å². The molecule has 1 rings (SSSR count). The fourth-order valence-electron chi connectivity index (χ4n) is 2.60. The summed E-state index contributed by atoms with van der Waals surface area (Å²) in [6, 6.07) is 1.26. The number of hydrogen-bond donors (Lipinski definition) is 0. The second-order valence-electron chi connectivity index (χ2n) is 5.62. The lowest BCUT2D eigenvalue weighted by Crippen LogP contribution is -2.27. The summed E-state index contributed by atoms with van der Waals surface area (Å²) >= 11 is 0. The van der Waals surface area contributed by atoms with Crippen LogP contribution in [-0.2, 0) is 8.85 Å². The average Bonchev–Trinajstić information content (AvgIpc) is 2.40. The predicted molar refractivity (Wildman–Crippen MR) is 80.3 cm³/mol. The lowest BCUT2D eigenvalue weighted by Gasteiger charge is -2.25. The molecule has 1 aliphatic carbocycles. The van der Waals surface area contributed by atoms with Crippen molar-refractivity contribution in [3.63, 3.8) is 0 Å². The number of hydrogen-bond acceptors (Lipinski definition) is 2. The van der Waals surface area contributed by atoms with E-state index < -0.39 is 9.28 Å². The van der Waals surface area contributed by atoms with Gasteiger partial charge in [-0.05, 0) is 24.8 Å². The zero-order chi connectivity index (χ0) is 13.1. The van der Waals surface area contributed by atoms with E-state index in [1.54, 1.807) is 0 Å². The zero-order valence-corrected chi connectivity index (χ0v) is 13.6. The van der Waals surface area contributed by atoms with E-state index in [-0.39, 0.29) is 0 Å². The molecular weight excluding hydrogens is 240 g/mol. The topological polar surface area (TPSA) is 18.5 Å². The van der Waals surface area contributed by atoms with Crippen LogP contribution in [0.5, 0.6) is 0 Å². The van der Waals surface area contributed by atoms with Crippen molar-refractivity contribution < 1.29 is 8.85 Å². The van der Waals surface area contributed by atoms with Gasteiger partial charge in [-0.3, -0.25) is 0 Å². The highest BCUT2D eigenvalue weighted by Gasteiger charge is 2.22. The fourth-order valence-corrected chi connectivity index (χ4v) is 4.84. The normalized spacial score (nSPS) is 17.5. The average molecular weight is 273 g/mol. The van der Waals surface area contributed by atoms with Crippen LogP contribution >= 0.6 is 0 Å². The van der Waals surface area contributed by atoms with Crippen molar-refractivity contribution >= 4 is 9.28 Å².